The van der Waals surface area contributed by atoms with Gasteiger partial charge >= 0.3 is 6.03 Å². The molecule has 1 aromatic carbocycles. The molecule has 7 nitrogen and oxygen atoms in total. The summed E-state index contributed by atoms with van der Waals surface area (Å²) in [5, 5.41) is 2.94. The fourth-order valence-electron chi connectivity index (χ4n) is 3.62. The van der Waals surface area contributed by atoms with Crippen LogP contribution in [-0.2, 0) is 13.1 Å². The normalized spacial score (nSPS) is 13.1. The number of carbonyl (C=O) groups is 2. The van der Waals surface area contributed by atoms with Crippen LogP contribution in [0.5, 0.6) is 0 Å². The summed E-state index contributed by atoms with van der Waals surface area (Å²) in [4.78, 5) is 37.3. The zero-order valence-electron chi connectivity index (χ0n) is 17.3. The van der Waals surface area contributed by atoms with Crippen LogP contribution in [-0.4, -0.2) is 44.8 Å². The number of urea groups is 1. The second-order valence-corrected chi connectivity index (χ2v) is 7.58. The Bertz CT molecular complexity index is 962. The minimum atomic E-state index is -0.223. The maximum atomic E-state index is 13.1. The van der Waals surface area contributed by atoms with Crippen molar-refractivity contribution >= 4 is 17.6 Å². The van der Waals surface area contributed by atoms with Crippen LogP contribution in [0.1, 0.15) is 34.3 Å². The van der Waals surface area contributed by atoms with Gasteiger partial charge in [0.05, 0.1) is 0 Å². The number of amides is 3. The van der Waals surface area contributed by atoms with Gasteiger partial charge in [-0.05, 0) is 66.4 Å². The van der Waals surface area contributed by atoms with Crippen LogP contribution < -0.4 is 5.32 Å². The van der Waals surface area contributed by atoms with Crippen molar-refractivity contribution in [3.05, 3.63) is 90.0 Å². The smallest absolute Gasteiger partial charge is 0.322 e. The Morgan fingerprint density at radius 3 is 2.26 bits per heavy atom. The molecule has 158 valence electrons. The quantitative estimate of drug-likeness (QED) is 0.661. The van der Waals surface area contributed by atoms with Gasteiger partial charge in [-0.15, -0.1) is 0 Å². The van der Waals surface area contributed by atoms with Crippen LogP contribution in [0.2, 0.25) is 0 Å². The number of pyridine rings is 2. The Morgan fingerprint density at radius 2 is 1.58 bits per heavy atom. The first-order valence-electron chi connectivity index (χ1n) is 10.4. The van der Waals surface area contributed by atoms with E-state index in [9.17, 15) is 9.59 Å². The first-order chi connectivity index (χ1) is 15.2. The van der Waals surface area contributed by atoms with E-state index in [0.29, 0.717) is 24.3 Å². The SMILES string of the molecule is O=C(Nc1ccc(C(=O)N2CCCC2)cc1)N(Cc1ccncc1)Cc1cccnc1. The van der Waals surface area contributed by atoms with Crippen LogP contribution in [0.25, 0.3) is 0 Å². The van der Waals surface area contributed by atoms with Crippen molar-refractivity contribution in [2.45, 2.75) is 25.9 Å². The maximum Gasteiger partial charge on any atom is 0.322 e. The highest BCUT2D eigenvalue weighted by atomic mass is 16.2. The van der Waals surface area contributed by atoms with Gasteiger partial charge in [0.1, 0.15) is 0 Å². The first-order valence-corrected chi connectivity index (χ1v) is 10.4. The molecule has 1 aliphatic heterocycles. The predicted molar refractivity (Wildman–Crippen MR) is 118 cm³/mol. The molecule has 0 bridgehead atoms. The third-order valence-corrected chi connectivity index (χ3v) is 5.28. The molecule has 31 heavy (non-hydrogen) atoms. The van der Waals surface area contributed by atoms with Crippen molar-refractivity contribution in [3.8, 4) is 0 Å². The van der Waals surface area contributed by atoms with E-state index in [1.54, 1.807) is 54.0 Å². The third kappa shape index (κ3) is 5.45. The number of rotatable bonds is 6. The van der Waals surface area contributed by atoms with Crippen LogP contribution in [0.4, 0.5) is 10.5 Å². The summed E-state index contributed by atoms with van der Waals surface area (Å²) in [6.07, 6.45) is 9.01. The van der Waals surface area contributed by atoms with Crippen molar-refractivity contribution in [2.24, 2.45) is 0 Å². The van der Waals surface area contributed by atoms with E-state index in [1.165, 1.54) is 0 Å². The fraction of sp³-hybridized carbons (Fsp3) is 0.250. The van der Waals surface area contributed by atoms with Gasteiger partial charge in [0.2, 0.25) is 0 Å². The van der Waals surface area contributed by atoms with E-state index in [-0.39, 0.29) is 11.9 Å². The molecule has 1 N–H and O–H groups in total. The number of anilines is 1. The van der Waals surface area contributed by atoms with Crippen molar-refractivity contribution < 1.29 is 9.59 Å². The zero-order chi connectivity index (χ0) is 21.5. The molecule has 0 atom stereocenters. The Hall–Kier alpha value is -3.74. The number of nitrogens with zero attached hydrogens (tertiary/aromatic N) is 4. The zero-order valence-corrected chi connectivity index (χ0v) is 17.3. The lowest BCUT2D eigenvalue weighted by Crippen LogP contribution is -2.34. The summed E-state index contributed by atoms with van der Waals surface area (Å²) in [5.41, 5.74) is 3.22. The number of benzene rings is 1. The van der Waals surface area contributed by atoms with Crippen molar-refractivity contribution in [1.29, 1.82) is 0 Å². The molecule has 4 rings (SSSR count). The molecule has 3 amide bonds. The summed E-state index contributed by atoms with van der Waals surface area (Å²) >= 11 is 0. The lowest BCUT2D eigenvalue weighted by Gasteiger charge is -2.23. The molecule has 3 aromatic rings. The highest BCUT2D eigenvalue weighted by Gasteiger charge is 2.20. The van der Waals surface area contributed by atoms with Crippen molar-refractivity contribution in [1.82, 2.24) is 19.8 Å². The molecule has 0 spiro atoms. The van der Waals surface area contributed by atoms with E-state index < -0.39 is 0 Å². The monoisotopic (exact) mass is 415 g/mol. The van der Waals surface area contributed by atoms with Gasteiger partial charge in [0.25, 0.3) is 5.91 Å². The van der Waals surface area contributed by atoms with Crippen molar-refractivity contribution in [2.75, 3.05) is 18.4 Å². The Labute approximate surface area is 181 Å². The topological polar surface area (TPSA) is 78.4 Å². The molecule has 1 saturated heterocycles. The molecule has 0 aliphatic carbocycles. The fourth-order valence-corrected chi connectivity index (χ4v) is 3.62. The van der Waals surface area contributed by atoms with Gasteiger partial charge in [-0.3, -0.25) is 14.8 Å². The highest BCUT2D eigenvalue weighted by Crippen LogP contribution is 2.17. The number of likely N-dealkylation sites (tertiary alicyclic amines) is 1. The minimum absolute atomic E-state index is 0.0475. The van der Waals surface area contributed by atoms with E-state index in [2.05, 4.69) is 15.3 Å². The molecule has 7 heteroatoms. The summed E-state index contributed by atoms with van der Waals surface area (Å²) in [6, 6.07) is 14.4. The summed E-state index contributed by atoms with van der Waals surface area (Å²) in [5.74, 6) is 0.0475. The number of nitrogens with one attached hydrogen (secondary N) is 1. The van der Waals surface area contributed by atoms with E-state index in [0.717, 1.165) is 37.1 Å². The molecule has 0 unspecified atom stereocenters. The van der Waals surface area contributed by atoms with Crippen molar-refractivity contribution in [3.63, 3.8) is 0 Å². The molecule has 1 fully saturated rings. The summed E-state index contributed by atoms with van der Waals surface area (Å²) < 4.78 is 0. The lowest BCUT2D eigenvalue weighted by molar-refractivity contribution is 0.0793. The van der Waals surface area contributed by atoms with E-state index >= 15 is 0 Å². The van der Waals surface area contributed by atoms with Crippen LogP contribution in [0.15, 0.2) is 73.3 Å². The van der Waals surface area contributed by atoms with Crippen LogP contribution >= 0.6 is 0 Å². The predicted octanol–water partition coefficient (Wildman–Crippen LogP) is 3.95. The molecule has 0 radical (unpaired) electrons. The molecule has 0 saturated carbocycles. The van der Waals surface area contributed by atoms with Gasteiger partial charge in [-0.2, -0.15) is 0 Å². The second-order valence-electron chi connectivity index (χ2n) is 7.58. The maximum absolute atomic E-state index is 13.1. The van der Waals surface area contributed by atoms with Crippen LogP contribution in [0.3, 0.4) is 0 Å². The average molecular weight is 415 g/mol. The summed E-state index contributed by atoms with van der Waals surface area (Å²) in [7, 11) is 0. The Kier molecular flexibility index (Phi) is 6.52. The van der Waals surface area contributed by atoms with Gasteiger partial charge < -0.3 is 15.1 Å². The third-order valence-electron chi connectivity index (χ3n) is 5.28. The molecule has 2 aromatic heterocycles. The first kappa shape index (κ1) is 20.5. The van der Waals surface area contributed by atoms with Gasteiger partial charge in [-0.1, -0.05) is 6.07 Å². The number of hydrogen-bond donors (Lipinski definition) is 1. The molecule has 3 heterocycles. The standard InChI is InChI=1S/C24H25N5O2/c30-23(28-14-1-2-15-28)21-5-7-22(8-6-21)27-24(31)29(17-19-9-12-25-13-10-19)18-20-4-3-11-26-16-20/h3-13,16H,1-2,14-15,17-18H2,(H,27,31). The Balaban J connectivity index is 1.45. The van der Waals surface area contributed by atoms with E-state index in [1.807, 2.05) is 29.2 Å². The summed E-state index contributed by atoms with van der Waals surface area (Å²) in [6.45, 7) is 2.49. The van der Waals surface area contributed by atoms with Gasteiger partial charge in [0, 0.05) is 62.2 Å². The van der Waals surface area contributed by atoms with Gasteiger partial charge in [-0.25, -0.2) is 4.79 Å². The number of aromatic nitrogens is 2. The largest absolute Gasteiger partial charge is 0.339 e. The highest BCUT2D eigenvalue weighted by molar-refractivity contribution is 5.95. The lowest BCUT2D eigenvalue weighted by atomic mass is 10.2. The van der Waals surface area contributed by atoms with Gasteiger partial charge in [0.15, 0.2) is 0 Å². The number of carbonyl (C=O) groups excluding carboxylic acids is 2. The minimum Gasteiger partial charge on any atom is -0.339 e. The molecular formula is C24H25N5O2. The number of hydrogen-bond acceptors (Lipinski definition) is 4. The Morgan fingerprint density at radius 1 is 0.871 bits per heavy atom. The second kappa shape index (κ2) is 9.84. The van der Waals surface area contributed by atoms with E-state index in [4.69, 9.17) is 0 Å². The average Bonchev–Trinajstić information content (AvgIpc) is 3.35. The van der Waals surface area contributed by atoms with Crippen LogP contribution in [0, 0.1) is 0 Å². The molecular weight excluding hydrogens is 390 g/mol. The molecule has 1 aliphatic rings.